The van der Waals surface area contributed by atoms with E-state index in [-0.39, 0.29) is 22.8 Å². The largest absolute Gasteiger partial charge is 0.490 e. The van der Waals surface area contributed by atoms with E-state index in [1.54, 1.807) is 13.0 Å². The lowest BCUT2D eigenvalue weighted by Crippen LogP contribution is -2.43. The van der Waals surface area contributed by atoms with Crippen molar-refractivity contribution in [1.82, 2.24) is 4.90 Å². The molecule has 0 unspecified atom stereocenters. The number of unbranched alkanes of at least 4 members (excludes halogenated alkanes) is 4. The van der Waals surface area contributed by atoms with E-state index in [1.807, 2.05) is 25.1 Å². The van der Waals surface area contributed by atoms with E-state index in [9.17, 15) is 14.7 Å². The predicted octanol–water partition coefficient (Wildman–Crippen LogP) is 6.28. The Morgan fingerprint density at radius 2 is 1.91 bits per heavy atom. The van der Waals surface area contributed by atoms with Gasteiger partial charge in [-0.1, -0.05) is 69.6 Å². The number of carboxylic acid groups (broad SMARTS) is 1. The molecule has 1 aromatic rings. The second kappa shape index (κ2) is 13.6. The molecule has 182 valence electrons. The summed E-state index contributed by atoms with van der Waals surface area (Å²) in [5.74, 6) is -0.139. The van der Waals surface area contributed by atoms with Crippen LogP contribution in [0.15, 0.2) is 23.1 Å². The zero-order valence-corrected chi connectivity index (χ0v) is 21.6. The number of carbonyl (C=O) groups is 2. The molecule has 2 atom stereocenters. The quantitative estimate of drug-likeness (QED) is 0.186. The molecule has 1 fully saturated rings. The Hall–Kier alpha value is -2.06. The van der Waals surface area contributed by atoms with E-state index in [1.165, 1.54) is 30.6 Å². The highest BCUT2D eigenvalue weighted by Gasteiger charge is 2.39. The molecule has 1 amide bonds. The third-order valence-electron chi connectivity index (χ3n) is 5.41. The Morgan fingerprint density at radius 3 is 2.55 bits per heavy atom. The van der Waals surface area contributed by atoms with E-state index in [2.05, 4.69) is 13.8 Å². The molecule has 1 N–H and O–H groups in total. The smallest absolute Gasteiger partial charge is 0.326 e. The van der Waals surface area contributed by atoms with Gasteiger partial charge in [-0.2, -0.15) is 0 Å². The fourth-order valence-electron chi connectivity index (χ4n) is 3.66. The second-order valence-corrected chi connectivity index (χ2v) is 9.76. The number of nitrogens with zero attached hydrogens (tertiary/aromatic N) is 1. The van der Waals surface area contributed by atoms with Crippen LogP contribution in [0.5, 0.6) is 11.5 Å². The van der Waals surface area contributed by atoms with Crippen molar-refractivity contribution in [1.29, 1.82) is 0 Å². The number of aliphatic carboxylic acids is 1. The maximum atomic E-state index is 12.8. The Morgan fingerprint density at radius 1 is 1.18 bits per heavy atom. The Balaban J connectivity index is 2.13. The van der Waals surface area contributed by atoms with Crippen molar-refractivity contribution >= 4 is 46.3 Å². The topological polar surface area (TPSA) is 76.1 Å². The number of ether oxygens (including phenoxy) is 2. The predicted molar refractivity (Wildman–Crippen MR) is 138 cm³/mol. The van der Waals surface area contributed by atoms with Gasteiger partial charge < -0.3 is 14.6 Å². The van der Waals surface area contributed by atoms with Crippen LogP contribution in [0.1, 0.15) is 78.2 Å². The number of rotatable bonds is 14. The van der Waals surface area contributed by atoms with Gasteiger partial charge in [0.2, 0.25) is 0 Å². The highest BCUT2D eigenvalue weighted by atomic mass is 32.2. The summed E-state index contributed by atoms with van der Waals surface area (Å²) >= 11 is 6.41. The monoisotopic (exact) mass is 493 g/mol. The molecule has 0 bridgehead atoms. The maximum Gasteiger partial charge on any atom is 0.326 e. The first-order chi connectivity index (χ1) is 15.8. The summed E-state index contributed by atoms with van der Waals surface area (Å²) in [6.45, 7) is 8.41. The molecule has 1 heterocycles. The van der Waals surface area contributed by atoms with Crippen LogP contribution in [0.3, 0.4) is 0 Å². The van der Waals surface area contributed by atoms with Gasteiger partial charge in [0.1, 0.15) is 10.4 Å². The van der Waals surface area contributed by atoms with Crippen molar-refractivity contribution in [3.8, 4) is 11.5 Å². The van der Waals surface area contributed by atoms with Crippen molar-refractivity contribution in [2.24, 2.45) is 0 Å². The van der Waals surface area contributed by atoms with Crippen LogP contribution in [0.25, 0.3) is 6.08 Å². The number of amides is 1. The maximum absolute atomic E-state index is 12.8. The summed E-state index contributed by atoms with van der Waals surface area (Å²) in [4.78, 5) is 26.0. The third-order valence-corrected chi connectivity index (χ3v) is 6.75. The molecule has 0 radical (unpaired) electrons. The normalized spacial score (nSPS) is 16.8. The van der Waals surface area contributed by atoms with Gasteiger partial charge in [-0.25, -0.2) is 4.79 Å². The lowest BCUT2D eigenvalue weighted by Gasteiger charge is -2.21. The molecule has 0 aromatic heterocycles. The SMILES string of the molecule is CCCCCCC[C@H](C)Oc1ccc(/C=C2/SC(=S)N([C@@H](CC)C(=O)O)C2=O)cc1OCC. The number of benzene rings is 1. The van der Waals surface area contributed by atoms with Crippen LogP contribution in [0.2, 0.25) is 0 Å². The van der Waals surface area contributed by atoms with Crippen molar-refractivity contribution in [3.05, 3.63) is 28.7 Å². The lowest BCUT2D eigenvalue weighted by atomic mass is 10.1. The molecule has 2 rings (SSSR count). The Kier molecular flexibility index (Phi) is 11.2. The molecule has 1 aliphatic heterocycles. The molecule has 1 aliphatic rings. The molecule has 0 spiro atoms. The first-order valence-corrected chi connectivity index (χ1v) is 13.0. The minimum absolute atomic E-state index is 0.0786. The molecule has 1 saturated heterocycles. The van der Waals surface area contributed by atoms with Gasteiger partial charge in [0, 0.05) is 0 Å². The van der Waals surface area contributed by atoms with Crippen LogP contribution in [0, 0.1) is 0 Å². The summed E-state index contributed by atoms with van der Waals surface area (Å²) in [6, 6.07) is 4.61. The molecule has 0 aliphatic carbocycles. The van der Waals surface area contributed by atoms with E-state index < -0.39 is 12.0 Å². The number of carbonyl (C=O) groups excluding carboxylic acids is 1. The van der Waals surface area contributed by atoms with Gasteiger partial charge in [0.05, 0.1) is 17.6 Å². The van der Waals surface area contributed by atoms with Gasteiger partial charge in [-0.05, 0) is 56.9 Å². The van der Waals surface area contributed by atoms with Crippen LogP contribution in [0.4, 0.5) is 0 Å². The molecule has 0 saturated carbocycles. The number of thioether (sulfide) groups is 1. The van der Waals surface area contributed by atoms with E-state index >= 15 is 0 Å². The van der Waals surface area contributed by atoms with Crippen molar-refractivity contribution in [2.75, 3.05) is 6.61 Å². The highest BCUT2D eigenvalue weighted by Crippen LogP contribution is 2.36. The van der Waals surface area contributed by atoms with Crippen LogP contribution in [-0.4, -0.2) is 45.0 Å². The van der Waals surface area contributed by atoms with Crippen molar-refractivity contribution in [3.63, 3.8) is 0 Å². The molecule has 8 heteroatoms. The van der Waals surface area contributed by atoms with Crippen LogP contribution >= 0.6 is 24.0 Å². The minimum Gasteiger partial charge on any atom is -0.490 e. The fourth-order valence-corrected chi connectivity index (χ4v) is 5.02. The van der Waals surface area contributed by atoms with Gasteiger partial charge in [-0.3, -0.25) is 9.69 Å². The Bertz CT molecular complexity index is 870. The van der Waals surface area contributed by atoms with Crippen LogP contribution < -0.4 is 9.47 Å². The molecular weight excluding hydrogens is 458 g/mol. The lowest BCUT2D eigenvalue weighted by molar-refractivity contribution is -0.145. The number of hydrogen-bond acceptors (Lipinski definition) is 6. The molecule has 6 nitrogen and oxygen atoms in total. The summed E-state index contributed by atoms with van der Waals surface area (Å²) < 4.78 is 12.2. The van der Waals surface area contributed by atoms with Gasteiger partial charge in [0.15, 0.2) is 11.5 Å². The highest BCUT2D eigenvalue weighted by molar-refractivity contribution is 8.26. The summed E-state index contributed by atoms with van der Waals surface area (Å²) in [6.07, 6.45) is 9.21. The average Bonchev–Trinajstić information content (AvgIpc) is 3.03. The standard InChI is InChI=1S/C25H35NO5S2/c1-5-8-9-10-11-12-17(4)31-20-14-13-18(15-21(20)30-7-3)16-22-23(27)26(25(32)33-22)19(6-2)24(28)29/h13-17,19H,5-12H2,1-4H3,(H,28,29)/b22-16+/t17-,19-/m0/s1. The van der Waals surface area contributed by atoms with Gasteiger partial charge in [-0.15, -0.1) is 0 Å². The molecule has 1 aromatic carbocycles. The summed E-state index contributed by atoms with van der Waals surface area (Å²) in [7, 11) is 0. The van der Waals surface area contributed by atoms with Crippen molar-refractivity contribution < 1.29 is 24.2 Å². The second-order valence-electron chi connectivity index (χ2n) is 8.08. The fraction of sp³-hybridized carbons (Fsp3) is 0.560. The Labute approximate surface area is 206 Å². The third kappa shape index (κ3) is 7.74. The zero-order chi connectivity index (χ0) is 24.4. The zero-order valence-electron chi connectivity index (χ0n) is 20.0. The summed E-state index contributed by atoms with van der Waals surface area (Å²) in [5, 5.41) is 9.42. The van der Waals surface area contributed by atoms with Gasteiger partial charge in [0.25, 0.3) is 5.91 Å². The first kappa shape index (κ1) is 27.2. The minimum atomic E-state index is -1.06. The summed E-state index contributed by atoms with van der Waals surface area (Å²) in [5.41, 5.74) is 0.766. The number of carboxylic acids is 1. The van der Waals surface area contributed by atoms with Crippen molar-refractivity contribution in [2.45, 2.75) is 84.8 Å². The average molecular weight is 494 g/mol. The van der Waals surface area contributed by atoms with E-state index in [0.29, 0.717) is 23.0 Å². The van der Waals surface area contributed by atoms with Gasteiger partial charge >= 0.3 is 5.97 Å². The number of thiocarbonyl (C=S) groups is 1. The first-order valence-electron chi connectivity index (χ1n) is 11.8. The molecule has 33 heavy (non-hydrogen) atoms. The van der Waals surface area contributed by atoms with E-state index in [0.717, 1.165) is 30.2 Å². The molecular formula is C25H35NO5S2. The number of hydrogen-bond donors (Lipinski definition) is 1. The van der Waals surface area contributed by atoms with E-state index in [4.69, 9.17) is 21.7 Å². The van der Waals surface area contributed by atoms with Crippen LogP contribution in [-0.2, 0) is 9.59 Å².